The molecular formula is C24H24N4O2. The molecule has 6 heteroatoms. The van der Waals surface area contributed by atoms with Gasteiger partial charge in [0.1, 0.15) is 0 Å². The van der Waals surface area contributed by atoms with Crippen LogP contribution in [-0.4, -0.2) is 52.6 Å². The highest BCUT2D eigenvalue weighted by Crippen LogP contribution is 2.43. The summed E-state index contributed by atoms with van der Waals surface area (Å²) in [6.07, 6.45) is 3.11. The van der Waals surface area contributed by atoms with Crippen LogP contribution in [0, 0.1) is 0 Å². The zero-order valence-electron chi connectivity index (χ0n) is 16.9. The van der Waals surface area contributed by atoms with Crippen LogP contribution in [-0.2, 0) is 4.74 Å². The van der Waals surface area contributed by atoms with E-state index < -0.39 is 0 Å². The number of hydrogen-bond donors (Lipinski definition) is 0. The lowest BCUT2D eigenvalue weighted by Crippen LogP contribution is -2.79. The highest BCUT2D eigenvalue weighted by atomic mass is 16.5. The van der Waals surface area contributed by atoms with Gasteiger partial charge in [-0.15, -0.1) is 0 Å². The van der Waals surface area contributed by atoms with E-state index in [-0.39, 0.29) is 12.0 Å². The Labute approximate surface area is 176 Å². The Kier molecular flexibility index (Phi) is 4.93. The zero-order valence-corrected chi connectivity index (χ0v) is 16.9. The Morgan fingerprint density at radius 2 is 1.57 bits per heavy atom. The van der Waals surface area contributed by atoms with E-state index in [0.29, 0.717) is 30.2 Å². The Morgan fingerprint density at radius 3 is 2.07 bits per heavy atom. The van der Waals surface area contributed by atoms with Crippen molar-refractivity contribution >= 4 is 11.9 Å². The first-order chi connectivity index (χ1) is 14.8. The Hall–Kier alpha value is -3.25. The van der Waals surface area contributed by atoms with Gasteiger partial charge in [-0.2, -0.15) is 0 Å². The van der Waals surface area contributed by atoms with Crippen molar-refractivity contribution in [1.82, 2.24) is 14.9 Å². The number of ether oxygens (including phenoxy) is 1. The van der Waals surface area contributed by atoms with Gasteiger partial charge in [-0.3, -0.25) is 4.90 Å². The fraction of sp³-hybridized carbons (Fsp3) is 0.292. The summed E-state index contributed by atoms with van der Waals surface area (Å²) >= 11 is 0. The van der Waals surface area contributed by atoms with Gasteiger partial charge in [0.05, 0.1) is 24.3 Å². The average molecular weight is 400 g/mol. The smallest absolute Gasteiger partial charge is 0.341 e. The summed E-state index contributed by atoms with van der Waals surface area (Å²) in [7, 11) is 0. The van der Waals surface area contributed by atoms with Crippen molar-refractivity contribution < 1.29 is 9.53 Å². The minimum atomic E-state index is -0.381. The van der Waals surface area contributed by atoms with Crippen LogP contribution in [0.4, 0.5) is 5.95 Å². The van der Waals surface area contributed by atoms with Gasteiger partial charge < -0.3 is 9.64 Å². The van der Waals surface area contributed by atoms with E-state index >= 15 is 0 Å². The molecule has 0 radical (unpaired) electrons. The first-order valence-corrected chi connectivity index (χ1v) is 10.4. The molecule has 6 nitrogen and oxygen atoms in total. The second-order valence-corrected chi connectivity index (χ2v) is 7.70. The van der Waals surface area contributed by atoms with E-state index in [9.17, 15) is 4.79 Å². The number of carbonyl (C=O) groups is 1. The molecule has 2 atom stereocenters. The SMILES string of the molecule is CCOC(=O)c1cnc(N2CC3[C@H]2CN3C(c2ccccc2)c2ccccc2)nc1. The maximum absolute atomic E-state index is 11.8. The second kappa shape index (κ2) is 7.88. The van der Waals surface area contributed by atoms with Crippen molar-refractivity contribution in [1.29, 1.82) is 0 Å². The molecule has 2 aromatic carbocycles. The van der Waals surface area contributed by atoms with E-state index in [1.165, 1.54) is 11.1 Å². The number of aromatic nitrogens is 2. The lowest BCUT2D eigenvalue weighted by atomic mass is 9.81. The van der Waals surface area contributed by atoms with Crippen LogP contribution in [0.15, 0.2) is 73.1 Å². The summed E-state index contributed by atoms with van der Waals surface area (Å²) in [5, 5.41) is 0. The first-order valence-electron chi connectivity index (χ1n) is 10.4. The maximum Gasteiger partial charge on any atom is 0.341 e. The molecule has 2 aliphatic heterocycles. The molecule has 2 fully saturated rings. The number of likely N-dealkylation sites (tertiary alicyclic amines) is 1. The fourth-order valence-corrected chi connectivity index (χ4v) is 4.45. The summed E-state index contributed by atoms with van der Waals surface area (Å²) in [6.45, 7) is 3.98. The van der Waals surface area contributed by atoms with Gasteiger partial charge in [-0.1, -0.05) is 60.7 Å². The summed E-state index contributed by atoms with van der Waals surface area (Å²) < 4.78 is 5.00. The van der Waals surface area contributed by atoms with Gasteiger partial charge in [0.2, 0.25) is 5.95 Å². The van der Waals surface area contributed by atoms with E-state index in [1.807, 2.05) is 0 Å². The van der Waals surface area contributed by atoms with Crippen molar-refractivity contribution in [2.24, 2.45) is 0 Å². The van der Waals surface area contributed by atoms with Crippen LogP contribution in [0.1, 0.15) is 34.5 Å². The fourth-order valence-electron chi connectivity index (χ4n) is 4.45. The molecule has 0 bridgehead atoms. The Balaban J connectivity index is 1.31. The summed E-state index contributed by atoms with van der Waals surface area (Å²) in [6, 6.07) is 22.5. The van der Waals surface area contributed by atoms with Gasteiger partial charge in [0.15, 0.2) is 0 Å². The maximum atomic E-state index is 11.8. The molecule has 0 aliphatic carbocycles. The van der Waals surface area contributed by atoms with Crippen molar-refractivity contribution in [2.45, 2.75) is 25.0 Å². The third kappa shape index (κ3) is 3.23. The molecule has 30 heavy (non-hydrogen) atoms. The topological polar surface area (TPSA) is 58.6 Å². The molecular weight excluding hydrogens is 376 g/mol. The number of hydrogen-bond acceptors (Lipinski definition) is 6. The standard InChI is InChI=1S/C24H24N4O2/c1-2-30-23(29)19-13-25-24(26-14-19)28-16-20-21(28)15-27(20)22(17-9-5-3-6-10-17)18-11-7-4-8-12-18/h3-14,20-22H,2,15-16H2,1H3/t20?,21-/m1/s1. The molecule has 3 aromatic rings. The van der Waals surface area contributed by atoms with Crippen molar-refractivity contribution in [3.05, 3.63) is 89.7 Å². The predicted molar refractivity (Wildman–Crippen MR) is 114 cm³/mol. The van der Waals surface area contributed by atoms with Crippen molar-refractivity contribution in [3.8, 4) is 0 Å². The van der Waals surface area contributed by atoms with Gasteiger partial charge in [0, 0.05) is 31.5 Å². The molecule has 0 spiro atoms. The minimum Gasteiger partial charge on any atom is -0.462 e. The number of anilines is 1. The van der Waals surface area contributed by atoms with Gasteiger partial charge in [-0.25, -0.2) is 14.8 Å². The summed E-state index contributed by atoms with van der Waals surface area (Å²) in [4.78, 5) is 25.4. The molecule has 5 rings (SSSR count). The van der Waals surface area contributed by atoms with E-state index in [0.717, 1.165) is 13.1 Å². The first kappa shape index (κ1) is 18.8. The van der Waals surface area contributed by atoms with Crippen molar-refractivity contribution in [2.75, 3.05) is 24.6 Å². The molecule has 0 amide bonds. The highest BCUT2D eigenvalue weighted by molar-refractivity contribution is 5.88. The molecule has 2 aliphatic rings. The number of piperazine rings is 1. The van der Waals surface area contributed by atoms with Crippen LogP contribution >= 0.6 is 0 Å². The van der Waals surface area contributed by atoms with Crippen LogP contribution < -0.4 is 4.90 Å². The summed E-state index contributed by atoms with van der Waals surface area (Å²) in [5.41, 5.74) is 3.02. The van der Waals surface area contributed by atoms with E-state index in [4.69, 9.17) is 4.74 Å². The number of rotatable bonds is 6. The number of nitrogens with zero attached hydrogens (tertiary/aromatic N) is 4. The lowest BCUT2D eigenvalue weighted by Gasteiger charge is -2.64. The number of benzene rings is 2. The van der Waals surface area contributed by atoms with E-state index in [2.05, 4.69) is 80.4 Å². The van der Waals surface area contributed by atoms with Crippen LogP contribution in [0.2, 0.25) is 0 Å². The normalized spacial score (nSPS) is 20.3. The third-order valence-corrected chi connectivity index (χ3v) is 6.02. The number of esters is 1. The quantitative estimate of drug-likeness (QED) is 0.592. The number of fused-ring (bicyclic) bond motifs is 1. The molecule has 0 saturated carbocycles. The van der Waals surface area contributed by atoms with Gasteiger partial charge >= 0.3 is 5.97 Å². The Morgan fingerprint density at radius 1 is 0.967 bits per heavy atom. The highest BCUT2D eigenvalue weighted by Gasteiger charge is 2.54. The second-order valence-electron chi connectivity index (χ2n) is 7.70. The van der Waals surface area contributed by atoms with Crippen LogP contribution in [0.3, 0.4) is 0 Å². The number of carbonyl (C=O) groups excluding carboxylic acids is 1. The van der Waals surface area contributed by atoms with Gasteiger partial charge in [0.25, 0.3) is 0 Å². The molecule has 1 aromatic heterocycles. The van der Waals surface area contributed by atoms with Gasteiger partial charge in [-0.05, 0) is 18.1 Å². The predicted octanol–water partition coefficient (Wildman–Crippen LogP) is 3.32. The molecule has 1 unspecified atom stereocenters. The van der Waals surface area contributed by atoms with Crippen LogP contribution in [0.5, 0.6) is 0 Å². The van der Waals surface area contributed by atoms with Crippen LogP contribution in [0.25, 0.3) is 0 Å². The lowest BCUT2D eigenvalue weighted by molar-refractivity contribution is -0.0151. The molecule has 152 valence electrons. The average Bonchev–Trinajstić information content (AvgIpc) is 2.79. The molecule has 0 N–H and O–H groups in total. The molecule has 3 heterocycles. The minimum absolute atomic E-state index is 0.253. The monoisotopic (exact) mass is 400 g/mol. The zero-order chi connectivity index (χ0) is 20.5. The largest absolute Gasteiger partial charge is 0.462 e. The summed E-state index contributed by atoms with van der Waals surface area (Å²) in [5.74, 6) is 0.300. The molecule has 2 saturated heterocycles. The van der Waals surface area contributed by atoms with Crippen molar-refractivity contribution in [3.63, 3.8) is 0 Å². The third-order valence-electron chi connectivity index (χ3n) is 6.02. The Bertz CT molecular complexity index is 971. The van der Waals surface area contributed by atoms with E-state index in [1.54, 1.807) is 19.3 Å².